The van der Waals surface area contributed by atoms with Crippen LogP contribution < -0.4 is 9.64 Å². The molecule has 0 fully saturated rings. The number of methoxy groups -OCH3 is 1. The highest BCUT2D eigenvalue weighted by atomic mass is 79.9. The highest BCUT2D eigenvalue weighted by Crippen LogP contribution is 2.34. The van der Waals surface area contributed by atoms with Crippen LogP contribution in [0, 0.1) is 0 Å². The van der Waals surface area contributed by atoms with Crippen molar-refractivity contribution >= 4 is 27.5 Å². The third kappa shape index (κ3) is 2.20. The summed E-state index contributed by atoms with van der Waals surface area (Å²) in [6.45, 7) is 0.669. The van der Waals surface area contributed by atoms with E-state index in [9.17, 15) is 4.79 Å². The van der Waals surface area contributed by atoms with Gasteiger partial charge in [0, 0.05) is 16.6 Å². The normalized spacial score (nSPS) is 14.1. The molecule has 0 aromatic heterocycles. The average Bonchev–Trinajstić information content (AvgIpc) is 2.48. The van der Waals surface area contributed by atoms with E-state index in [0.29, 0.717) is 12.3 Å². The maximum atomic E-state index is 12.7. The average molecular weight is 332 g/mol. The lowest BCUT2D eigenvalue weighted by Crippen LogP contribution is -2.37. The summed E-state index contributed by atoms with van der Waals surface area (Å²) in [5.74, 6) is 0.740. The number of carbonyl (C=O) groups excluding carboxylic acids is 1. The largest absolute Gasteiger partial charge is 0.495 e. The molecule has 0 saturated heterocycles. The van der Waals surface area contributed by atoms with Crippen LogP contribution in [-0.2, 0) is 6.42 Å². The molecule has 2 aromatic carbocycles. The second-order valence-electron chi connectivity index (χ2n) is 4.68. The summed E-state index contributed by atoms with van der Waals surface area (Å²) < 4.78 is 6.31. The topological polar surface area (TPSA) is 29.5 Å². The van der Waals surface area contributed by atoms with E-state index in [1.165, 1.54) is 0 Å². The number of halogens is 1. The third-order valence-electron chi connectivity index (χ3n) is 3.53. The van der Waals surface area contributed by atoms with Gasteiger partial charge in [-0.2, -0.15) is 0 Å². The molecule has 3 nitrogen and oxygen atoms in total. The van der Waals surface area contributed by atoms with E-state index < -0.39 is 0 Å². The monoisotopic (exact) mass is 331 g/mol. The van der Waals surface area contributed by atoms with E-state index in [1.54, 1.807) is 12.0 Å². The fourth-order valence-electron chi connectivity index (χ4n) is 2.53. The van der Waals surface area contributed by atoms with Gasteiger partial charge in [0.05, 0.1) is 12.8 Å². The number of nitrogens with zero attached hydrogens (tertiary/aromatic N) is 1. The van der Waals surface area contributed by atoms with Crippen molar-refractivity contribution in [3.8, 4) is 5.75 Å². The van der Waals surface area contributed by atoms with Crippen molar-refractivity contribution in [3.05, 3.63) is 58.1 Å². The summed E-state index contributed by atoms with van der Waals surface area (Å²) >= 11 is 3.45. The van der Waals surface area contributed by atoms with Crippen molar-refractivity contribution in [3.63, 3.8) is 0 Å². The Kier molecular flexibility index (Phi) is 3.49. The van der Waals surface area contributed by atoms with Crippen LogP contribution in [0.15, 0.2) is 46.9 Å². The number of benzene rings is 2. The molecule has 3 rings (SSSR count). The van der Waals surface area contributed by atoms with E-state index in [2.05, 4.69) is 15.9 Å². The molecule has 4 heteroatoms. The van der Waals surface area contributed by atoms with Crippen molar-refractivity contribution in [2.24, 2.45) is 0 Å². The van der Waals surface area contributed by atoms with Crippen LogP contribution in [0.5, 0.6) is 5.75 Å². The first kappa shape index (κ1) is 13.2. The van der Waals surface area contributed by atoms with Gasteiger partial charge in [0.15, 0.2) is 0 Å². The van der Waals surface area contributed by atoms with Gasteiger partial charge in [-0.05, 0) is 36.2 Å². The quantitative estimate of drug-likeness (QED) is 0.840. The van der Waals surface area contributed by atoms with Crippen molar-refractivity contribution in [2.45, 2.75) is 6.42 Å². The molecule has 102 valence electrons. The molecular formula is C16H14BrNO2. The summed E-state index contributed by atoms with van der Waals surface area (Å²) in [6, 6.07) is 13.5. The molecule has 0 atom stereocenters. The molecule has 1 aliphatic heterocycles. The molecule has 20 heavy (non-hydrogen) atoms. The molecule has 0 unspecified atom stereocenters. The van der Waals surface area contributed by atoms with Crippen LogP contribution in [0.4, 0.5) is 5.69 Å². The third-order valence-corrected chi connectivity index (χ3v) is 4.02. The number of amides is 1. The van der Waals surface area contributed by atoms with Crippen LogP contribution in [0.25, 0.3) is 0 Å². The number of anilines is 1. The van der Waals surface area contributed by atoms with Gasteiger partial charge in [-0.3, -0.25) is 4.79 Å². The Labute approximate surface area is 126 Å². The molecule has 0 saturated carbocycles. The first-order valence-electron chi connectivity index (χ1n) is 6.44. The summed E-state index contributed by atoms with van der Waals surface area (Å²) in [4.78, 5) is 14.4. The molecule has 1 heterocycles. The van der Waals surface area contributed by atoms with Crippen molar-refractivity contribution < 1.29 is 9.53 Å². The van der Waals surface area contributed by atoms with Crippen molar-refractivity contribution in [1.29, 1.82) is 0 Å². The standard InChI is InChI=1S/C16H14BrNO2/c1-20-15-7-6-12(17)10-14(15)18-9-8-11-4-2-3-5-13(11)16(18)19/h2-7,10H,8-9H2,1H3. The number of carbonyl (C=O) groups is 1. The van der Waals surface area contributed by atoms with Gasteiger partial charge in [0.2, 0.25) is 0 Å². The zero-order valence-corrected chi connectivity index (χ0v) is 12.7. The summed E-state index contributed by atoms with van der Waals surface area (Å²) in [5, 5.41) is 0. The number of fused-ring (bicyclic) bond motifs is 1. The minimum absolute atomic E-state index is 0.0308. The van der Waals surface area contributed by atoms with Crippen LogP contribution in [-0.4, -0.2) is 19.6 Å². The van der Waals surface area contributed by atoms with E-state index in [1.807, 2.05) is 42.5 Å². The summed E-state index contributed by atoms with van der Waals surface area (Å²) in [5.41, 5.74) is 2.70. The van der Waals surface area contributed by atoms with E-state index in [-0.39, 0.29) is 5.91 Å². The first-order valence-corrected chi connectivity index (χ1v) is 7.23. The fraction of sp³-hybridized carbons (Fsp3) is 0.188. The second-order valence-corrected chi connectivity index (χ2v) is 5.60. The SMILES string of the molecule is COc1ccc(Br)cc1N1CCc2ccccc2C1=O. The Hall–Kier alpha value is -1.81. The summed E-state index contributed by atoms with van der Waals surface area (Å²) in [7, 11) is 1.62. The number of rotatable bonds is 2. The van der Waals surface area contributed by atoms with E-state index >= 15 is 0 Å². The molecule has 0 bridgehead atoms. The lowest BCUT2D eigenvalue weighted by Gasteiger charge is -2.29. The Morgan fingerprint density at radius 2 is 2.00 bits per heavy atom. The smallest absolute Gasteiger partial charge is 0.258 e. The Bertz CT molecular complexity index is 669. The Balaban J connectivity index is 2.05. The fourth-order valence-corrected chi connectivity index (χ4v) is 2.88. The zero-order chi connectivity index (χ0) is 14.1. The minimum atomic E-state index is 0.0308. The lowest BCUT2D eigenvalue weighted by atomic mass is 9.98. The molecule has 0 spiro atoms. The molecule has 0 radical (unpaired) electrons. The lowest BCUT2D eigenvalue weighted by molar-refractivity contribution is 0.0980. The molecule has 0 aliphatic carbocycles. The first-order chi connectivity index (χ1) is 9.70. The van der Waals surface area contributed by atoms with Gasteiger partial charge in [0.1, 0.15) is 5.75 Å². The van der Waals surface area contributed by atoms with Gasteiger partial charge >= 0.3 is 0 Å². The van der Waals surface area contributed by atoms with Gasteiger partial charge in [-0.1, -0.05) is 34.1 Å². The molecular weight excluding hydrogens is 318 g/mol. The number of ether oxygens (including phenoxy) is 1. The highest BCUT2D eigenvalue weighted by molar-refractivity contribution is 9.10. The minimum Gasteiger partial charge on any atom is -0.495 e. The van der Waals surface area contributed by atoms with Crippen molar-refractivity contribution in [1.82, 2.24) is 0 Å². The maximum Gasteiger partial charge on any atom is 0.258 e. The Morgan fingerprint density at radius 3 is 2.80 bits per heavy atom. The maximum absolute atomic E-state index is 12.7. The molecule has 1 aliphatic rings. The number of hydrogen-bond donors (Lipinski definition) is 0. The van der Waals surface area contributed by atoms with Gasteiger partial charge in [-0.15, -0.1) is 0 Å². The van der Waals surface area contributed by atoms with E-state index in [0.717, 1.165) is 27.7 Å². The zero-order valence-electron chi connectivity index (χ0n) is 11.1. The molecule has 0 N–H and O–H groups in total. The van der Waals surface area contributed by atoms with Gasteiger partial charge in [0.25, 0.3) is 5.91 Å². The highest BCUT2D eigenvalue weighted by Gasteiger charge is 2.27. The van der Waals surface area contributed by atoms with Crippen LogP contribution in [0.2, 0.25) is 0 Å². The van der Waals surface area contributed by atoms with Gasteiger partial charge in [-0.25, -0.2) is 0 Å². The van der Waals surface area contributed by atoms with Crippen LogP contribution in [0.3, 0.4) is 0 Å². The predicted octanol–water partition coefficient (Wildman–Crippen LogP) is 3.66. The predicted molar refractivity (Wildman–Crippen MR) is 82.5 cm³/mol. The van der Waals surface area contributed by atoms with Gasteiger partial charge < -0.3 is 9.64 Å². The van der Waals surface area contributed by atoms with Crippen LogP contribution >= 0.6 is 15.9 Å². The summed E-state index contributed by atoms with van der Waals surface area (Å²) in [6.07, 6.45) is 0.859. The van der Waals surface area contributed by atoms with Crippen LogP contribution in [0.1, 0.15) is 15.9 Å². The van der Waals surface area contributed by atoms with Crippen molar-refractivity contribution in [2.75, 3.05) is 18.6 Å². The molecule has 2 aromatic rings. The molecule has 1 amide bonds. The Morgan fingerprint density at radius 1 is 1.20 bits per heavy atom. The second kappa shape index (κ2) is 5.29. The van der Waals surface area contributed by atoms with E-state index in [4.69, 9.17) is 4.74 Å². The number of hydrogen-bond acceptors (Lipinski definition) is 2.